The molecule has 3 aromatic heterocycles. The predicted molar refractivity (Wildman–Crippen MR) is 118 cm³/mol. The van der Waals surface area contributed by atoms with Crippen LogP contribution in [0.25, 0.3) is 22.4 Å². The van der Waals surface area contributed by atoms with Crippen LogP contribution in [0.1, 0.15) is 64.3 Å². The number of pyridine rings is 2. The van der Waals surface area contributed by atoms with E-state index < -0.39 is 0 Å². The van der Waals surface area contributed by atoms with Crippen molar-refractivity contribution in [3.05, 3.63) is 59.3 Å². The molecule has 4 rings (SSSR count). The SMILES string of the molecule is CC(=O)/C=C(/C)O.CC(C)(C)c1ccc(-c2[c-]cnc3c4c(oc23)CCCC4)nc1.[Ir]. The van der Waals surface area contributed by atoms with Crippen LogP contribution < -0.4 is 0 Å². The Balaban J connectivity index is 0.000000373. The van der Waals surface area contributed by atoms with Gasteiger partial charge in [-0.25, -0.2) is 0 Å². The van der Waals surface area contributed by atoms with Gasteiger partial charge in [0.1, 0.15) is 0 Å². The van der Waals surface area contributed by atoms with E-state index >= 15 is 0 Å². The summed E-state index contributed by atoms with van der Waals surface area (Å²) in [6.45, 7) is 9.43. The summed E-state index contributed by atoms with van der Waals surface area (Å²) < 4.78 is 6.14. The van der Waals surface area contributed by atoms with Gasteiger partial charge >= 0.3 is 0 Å². The van der Waals surface area contributed by atoms with Gasteiger partial charge in [0, 0.05) is 49.9 Å². The summed E-state index contributed by atoms with van der Waals surface area (Å²) in [5.74, 6) is 1.04. The van der Waals surface area contributed by atoms with E-state index in [-0.39, 0.29) is 37.1 Å². The van der Waals surface area contributed by atoms with Crippen LogP contribution in [0.5, 0.6) is 0 Å². The second kappa shape index (κ2) is 10.3. The van der Waals surface area contributed by atoms with E-state index in [1.807, 2.05) is 6.20 Å². The van der Waals surface area contributed by atoms with Crippen molar-refractivity contribution in [2.24, 2.45) is 0 Å². The Bertz CT molecular complexity index is 1070. The van der Waals surface area contributed by atoms with Crippen molar-refractivity contribution in [3.8, 4) is 11.3 Å². The number of rotatable bonds is 2. The minimum Gasteiger partial charge on any atom is -0.517 e. The van der Waals surface area contributed by atoms with Crippen LogP contribution in [-0.4, -0.2) is 20.9 Å². The number of hydrogen-bond donors (Lipinski definition) is 1. The van der Waals surface area contributed by atoms with Crippen molar-refractivity contribution < 1.29 is 34.4 Å². The molecule has 5 nitrogen and oxygen atoms in total. The van der Waals surface area contributed by atoms with Crippen molar-refractivity contribution in [1.29, 1.82) is 0 Å². The molecule has 0 atom stereocenters. The molecule has 1 radical (unpaired) electrons. The fourth-order valence-corrected chi connectivity index (χ4v) is 3.55. The fourth-order valence-electron chi connectivity index (χ4n) is 3.55. The summed E-state index contributed by atoms with van der Waals surface area (Å²) >= 11 is 0. The number of aromatic nitrogens is 2. The van der Waals surface area contributed by atoms with E-state index in [4.69, 9.17) is 9.52 Å². The van der Waals surface area contributed by atoms with Gasteiger partial charge in [-0.15, -0.1) is 5.56 Å². The number of furan rings is 1. The summed E-state index contributed by atoms with van der Waals surface area (Å²) in [6, 6.07) is 7.43. The van der Waals surface area contributed by atoms with E-state index in [9.17, 15) is 4.79 Å². The third kappa shape index (κ3) is 6.11. The van der Waals surface area contributed by atoms with Crippen LogP contribution in [0.3, 0.4) is 0 Å². The maximum absolute atomic E-state index is 10.0. The van der Waals surface area contributed by atoms with Crippen LogP contribution >= 0.6 is 0 Å². The van der Waals surface area contributed by atoms with Gasteiger partial charge < -0.3 is 14.5 Å². The maximum atomic E-state index is 10.0. The number of allylic oxidation sites excluding steroid dienone is 2. The summed E-state index contributed by atoms with van der Waals surface area (Å²) in [4.78, 5) is 19.2. The first-order chi connectivity index (χ1) is 14.2. The van der Waals surface area contributed by atoms with E-state index in [1.54, 1.807) is 6.20 Å². The monoisotopic (exact) mass is 598 g/mol. The van der Waals surface area contributed by atoms with Crippen LogP contribution in [0.2, 0.25) is 0 Å². The molecule has 3 aromatic rings. The van der Waals surface area contributed by atoms with Crippen molar-refractivity contribution >= 4 is 16.9 Å². The first kappa shape index (κ1) is 25.0. The number of hydrogen-bond acceptors (Lipinski definition) is 5. The molecule has 0 spiro atoms. The third-order valence-corrected chi connectivity index (χ3v) is 5.07. The normalized spacial score (nSPS) is 13.6. The van der Waals surface area contributed by atoms with Crippen LogP contribution in [-0.2, 0) is 43.2 Å². The molecule has 1 aliphatic rings. The molecule has 0 saturated carbocycles. The largest absolute Gasteiger partial charge is 0.517 e. The fraction of sp³-hybridized carbons (Fsp3) is 0.400. The number of ketones is 1. The zero-order chi connectivity index (χ0) is 21.9. The Morgan fingerprint density at radius 3 is 2.42 bits per heavy atom. The number of aryl methyl sites for hydroxylation is 2. The van der Waals surface area contributed by atoms with Gasteiger partial charge in [-0.1, -0.05) is 32.9 Å². The molecule has 3 heterocycles. The molecular weight excluding hydrogens is 569 g/mol. The van der Waals surface area contributed by atoms with Gasteiger partial charge in [-0.3, -0.25) is 9.78 Å². The van der Waals surface area contributed by atoms with Crippen LogP contribution in [0, 0.1) is 6.07 Å². The first-order valence-corrected chi connectivity index (χ1v) is 10.3. The Morgan fingerprint density at radius 1 is 1.16 bits per heavy atom. The number of carbonyl (C=O) groups excluding carboxylic acids is 1. The molecule has 0 aromatic carbocycles. The summed E-state index contributed by atoms with van der Waals surface area (Å²) in [7, 11) is 0. The topological polar surface area (TPSA) is 76.2 Å². The molecule has 31 heavy (non-hydrogen) atoms. The maximum Gasteiger partial charge on any atom is 0.155 e. The van der Waals surface area contributed by atoms with Crippen molar-refractivity contribution in [1.82, 2.24) is 9.97 Å². The standard InChI is InChI=1S/C20H21N2O.C5H8O2.Ir/c1-20(2,3)13-8-9-16(22-12-13)14-10-11-21-18-15-6-4-5-7-17(15)23-19(14)18;1-4(6)3-5(2)7;/h8-9,11-12H,4-7H2,1-3H3;3,6H,1-2H3;/q-1;;/b;4-3-;. The van der Waals surface area contributed by atoms with Crippen molar-refractivity contribution in [2.45, 2.75) is 65.7 Å². The molecule has 0 aliphatic heterocycles. The van der Waals surface area contributed by atoms with Gasteiger partial charge in [0.25, 0.3) is 0 Å². The quantitative estimate of drug-likeness (QED) is 0.226. The van der Waals surface area contributed by atoms with Gasteiger partial charge in [-0.05, 0) is 56.0 Å². The van der Waals surface area contributed by atoms with E-state index in [2.05, 4.69) is 48.9 Å². The summed E-state index contributed by atoms with van der Waals surface area (Å²) in [5.41, 5.74) is 6.28. The molecule has 0 saturated heterocycles. The van der Waals surface area contributed by atoms with E-state index in [0.29, 0.717) is 0 Å². The molecular formula is C25H29IrN2O3-. The molecule has 0 unspecified atom stereocenters. The first-order valence-electron chi connectivity index (χ1n) is 10.3. The van der Waals surface area contributed by atoms with Crippen LogP contribution in [0.15, 0.2) is 40.8 Å². The van der Waals surface area contributed by atoms with Gasteiger partial charge in [-0.2, -0.15) is 6.07 Å². The smallest absolute Gasteiger partial charge is 0.155 e. The van der Waals surface area contributed by atoms with Gasteiger partial charge in [0.2, 0.25) is 0 Å². The summed E-state index contributed by atoms with van der Waals surface area (Å²) in [5, 5.41) is 8.36. The van der Waals surface area contributed by atoms with Crippen molar-refractivity contribution in [2.75, 3.05) is 0 Å². The zero-order valence-corrected chi connectivity index (χ0v) is 21.1. The number of fused-ring (bicyclic) bond motifs is 3. The molecule has 6 heteroatoms. The molecule has 0 bridgehead atoms. The molecule has 167 valence electrons. The third-order valence-electron chi connectivity index (χ3n) is 5.07. The van der Waals surface area contributed by atoms with Crippen molar-refractivity contribution in [3.63, 3.8) is 0 Å². The average molecular weight is 598 g/mol. The summed E-state index contributed by atoms with van der Waals surface area (Å²) in [6.07, 6.45) is 9.37. The number of aliphatic hydroxyl groups excluding tert-OH is 1. The minimum atomic E-state index is -0.125. The Labute approximate surface area is 197 Å². The van der Waals surface area contributed by atoms with Gasteiger partial charge in [0.05, 0.1) is 17.0 Å². The predicted octanol–water partition coefficient (Wildman–Crippen LogP) is 5.90. The van der Waals surface area contributed by atoms with Crippen LogP contribution in [0.4, 0.5) is 0 Å². The average Bonchev–Trinajstić information content (AvgIpc) is 3.05. The number of nitrogens with zero attached hydrogens (tertiary/aromatic N) is 2. The molecule has 0 fully saturated rings. The molecule has 1 aliphatic carbocycles. The van der Waals surface area contributed by atoms with E-state index in [1.165, 1.54) is 43.9 Å². The molecule has 0 amide bonds. The Kier molecular flexibility index (Phi) is 8.33. The minimum absolute atomic E-state index is 0. The second-order valence-electron chi connectivity index (χ2n) is 8.74. The van der Waals surface area contributed by atoms with E-state index in [0.717, 1.165) is 41.0 Å². The zero-order valence-electron chi connectivity index (χ0n) is 18.7. The Morgan fingerprint density at radius 2 is 1.87 bits per heavy atom. The number of aliphatic hydroxyl groups is 1. The molecule has 1 N–H and O–H groups in total. The Hall–Kier alpha value is -2.30. The van der Waals surface area contributed by atoms with Gasteiger partial charge in [0.15, 0.2) is 5.78 Å². The number of carbonyl (C=O) groups is 1. The second-order valence-corrected chi connectivity index (χ2v) is 8.74.